The van der Waals surface area contributed by atoms with E-state index in [1.54, 1.807) is 0 Å². The molecule has 0 fully saturated rings. The van der Waals surface area contributed by atoms with Crippen molar-refractivity contribution in [2.75, 3.05) is 19.6 Å². The Morgan fingerprint density at radius 2 is 1.75 bits per heavy atom. The summed E-state index contributed by atoms with van der Waals surface area (Å²) in [5.41, 5.74) is 0. The van der Waals surface area contributed by atoms with Crippen molar-refractivity contribution in [1.82, 2.24) is 10.6 Å². The van der Waals surface area contributed by atoms with Crippen LogP contribution in [0.2, 0.25) is 0 Å². The van der Waals surface area contributed by atoms with Crippen LogP contribution in [-0.4, -0.2) is 25.5 Å². The van der Waals surface area contributed by atoms with Crippen molar-refractivity contribution < 1.29 is 4.79 Å². The summed E-state index contributed by atoms with van der Waals surface area (Å²) < 4.78 is 0. The summed E-state index contributed by atoms with van der Waals surface area (Å²) in [7, 11) is 0. The Morgan fingerprint density at radius 3 is 2.31 bits per heavy atom. The second kappa shape index (κ2) is 9.64. The highest BCUT2D eigenvalue weighted by Crippen LogP contribution is 2.04. The van der Waals surface area contributed by atoms with E-state index in [1.165, 1.54) is 12.8 Å². The average molecular weight is 228 g/mol. The molecule has 0 aromatic rings. The van der Waals surface area contributed by atoms with E-state index in [1.807, 2.05) is 0 Å². The number of hydrogen-bond donors (Lipinski definition) is 2. The van der Waals surface area contributed by atoms with Gasteiger partial charge in [0.15, 0.2) is 0 Å². The normalized spacial score (nSPS) is 11.1. The van der Waals surface area contributed by atoms with Gasteiger partial charge in [-0.2, -0.15) is 0 Å². The molecule has 1 amide bonds. The molecule has 3 heteroatoms. The third kappa shape index (κ3) is 11.5. The number of hydrogen-bond acceptors (Lipinski definition) is 2. The summed E-state index contributed by atoms with van der Waals surface area (Å²) in [5, 5.41) is 6.06. The molecule has 2 N–H and O–H groups in total. The summed E-state index contributed by atoms with van der Waals surface area (Å²) in [4.78, 5) is 11.3. The lowest BCUT2D eigenvalue weighted by Gasteiger charge is -2.08. The molecule has 0 saturated carbocycles. The van der Waals surface area contributed by atoms with Gasteiger partial charge in [0.1, 0.15) is 0 Å². The maximum Gasteiger partial charge on any atom is 0.233 e. The molecule has 0 saturated heterocycles. The average Bonchev–Trinajstić information content (AvgIpc) is 2.16. The van der Waals surface area contributed by atoms with E-state index in [0.717, 1.165) is 25.4 Å². The quantitative estimate of drug-likeness (QED) is 0.594. The van der Waals surface area contributed by atoms with E-state index in [0.29, 0.717) is 12.5 Å². The lowest BCUT2D eigenvalue weighted by atomic mass is 10.1. The first-order valence-corrected chi connectivity index (χ1v) is 6.49. The zero-order chi connectivity index (χ0) is 12.4. The number of unbranched alkanes of at least 4 members (excludes halogenated alkanes) is 1. The van der Waals surface area contributed by atoms with E-state index in [9.17, 15) is 4.79 Å². The van der Waals surface area contributed by atoms with E-state index in [-0.39, 0.29) is 5.91 Å². The molecule has 0 unspecified atom stereocenters. The summed E-state index contributed by atoms with van der Waals surface area (Å²) in [6, 6.07) is 0. The van der Waals surface area contributed by atoms with Crippen molar-refractivity contribution >= 4 is 5.91 Å². The van der Waals surface area contributed by atoms with Crippen LogP contribution in [0.1, 0.15) is 47.0 Å². The molecule has 0 aromatic carbocycles. The minimum absolute atomic E-state index is 0.116. The van der Waals surface area contributed by atoms with E-state index in [2.05, 4.69) is 38.3 Å². The van der Waals surface area contributed by atoms with Crippen LogP contribution >= 0.6 is 0 Å². The molecule has 0 aliphatic rings. The zero-order valence-corrected chi connectivity index (χ0v) is 11.3. The first kappa shape index (κ1) is 15.4. The molecule has 0 aliphatic heterocycles. The Labute approximate surface area is 100 Å². The van der Waals surface area contributed by atoms with E-state index >= 15 is 0 Å². The van der Waals surface area contributed by atoms with Gasteiger partial charge in [-0.1, -0.05) is 40.5 Å². The van der Waals surface area contributed by atoms with Crippen LogP contribution in [0.5, 0.6) is 0 Å². The van der Waals surface area contributed by atoms with Gasteiger partial charge in [-0.15, -0.1) is 0 Å². The van der Waals surface area contributed by atoms with Crippen LogP contribution in [0.4, 0.5) is 0 Å². The van der Waals surface area contributed by atoms with Crippen molar-refractivity contribution in [3.8, 4) is 0 Å². The van der Waals surface area contributed by atoms with E-state index < -0.39 is 0 Å². The van der Waals surface area contributed by atoms with Gasteiger partial charge in [0.2, 0.25) is 5.91 Å². The first-order chi connectivity index (χ1) is 7.52. The van der Waals surface area contributed by atoms with Gasteiger partial charge < -0.3 is 10.6 Å². The van der Waals surface area contributed by atoms with Gasteiger partial charge >= 0.3 is 0 Å². The van der Waals surface area contributed by atoms with Crippen LogP contribution in [0.25, 0.3) is 0 Å². The Balaban J connectivity index is 3.24. The molecule has 0 rings (SSSR count). The second-order valence-corrected chi connectivity index (χ2v) is 5.26. The van der Waals surface area contributed by atoms with Crippen molar-refractivity contribution in [1.29, 1.82) is 0 Å². The smallest absolute Gasteiger partial charge is 0.233 e. The Hall–Kier alpha value is -0.570. The van der Waals surface area contributed by atoms with E-state index in [4.69, 9.17) is 0 Å². The fraction of sp³-hybridized carbons (Fsp3) is 0.923. The molecule has 0 atom stereocenters. The van der Waals surface area contributed by atoms with Gasteiger partial charge in [-0.25, -0.2) is 0 Å². The predicted octanol–water partition coefficient (Wildman–Crippen LogP) is 2.17. The fourth-order valence-electron chi connectivity index (χ4n) is 1.44. The monoisotopic (exact) mass is 228 g/mol. The molecule has 3 nitrogen and oxygen atoms in total. The highest BCUT2D eigenvalue weighted by atomic mass is 16.1. The maximum atomic E-state index is 11.3. The Morgan fingerprint density at radius 1 is 1.06 bits per heavy atom. The Bertz CT molecular complexity index is 179. The van der Waals surface area contributed by atoms with Crippen molar-refractivity contribution in [3.63, 3.8) is 0 Å². The topological polar surface area (TPSA) is 41.1 Å². The largest absolute Gasteiger partial charge is 0.355 e. The van der Waals surface area contributed by atoms with Gasteiger partial charge in [0.25, 0.3) is 0 Å². The fourth-order valence-corrected chi connectivity index (χ4v) is 1.44. The van der Waals surface area contributed by atoms with Crippen molar-refractivity contribution in [2.24, 2.45) is 11.8 Å². The molecule has 0 radical (unpaired) electrons. The van der Waals surface area contributed by atoms with Gasteiger partial charge in [-0.3, -0.25) is 4.79 Å². The summed E-state index contributed by atoms with van der Waals surface area (Å²) in [6.45, 7) is 10.9. The molecule has 16 heavy (non-hydrogen) atoms. The van der Waals surface area contributed by atoms with Crippen molar-refractivity contribution in [3.05, 3.63) is 0 Å². The minimum atomic E-state index is 0.116. The van der Waals surface area contributed by atoms with Gasteiger partial charge in [0, 0.05) is 6.54 Å². The molecule has 0 spiro atoms. The van der Waals surface area contributed by atoms with Gasteiger partial charge in [0.05, 0.1) is 6.54 Å². The molecule has 0 aliphatic carbocycles. The maximum absolute atomic E-state index is 11.3. The summed E-state index contributed by atoms with van der Waals surface area (Å²) >= 11 is 0. The standard InChI is InChI=1S/C13H28N2O/c1-11(2)7-5-6-8-15-13(16)10-14-9-12(3)4/h11-12,14H,5-10H2,1-4H3,(H,15,16). The number of nitrogens with one attached hydrogen (secondary N) is 2. The van der Waals surface area contributed by atoms with Crippen molar-refractivity contribution in [2.45, 2.75) is 47.0 Å². The zero-order valence-electron chi connectivity index (χ0n) is 11.3. The molecule has 0 heterocycles. The Kier molecular flexibility index (Phi) is 9.30. The van der Waals surface area contributed by atoms with Crippen LogP contribution in [0.15, 0.2) is 0 Å². The molecule has 0 aromatic heterocycles. The number of carbonyl (C=O) groups is 1. The third-order valence-electron chi connectivity index (χ3n) is 2.37. The van der Waals surface area contributed by atoms with Gasteiger partial charge in [-0.05, 0) is 24.8 Å². The molecular formula is C13H28N2O. The van der Waals surface area contributed by atoms with Crippen LogP contribution in [-0.2, 0) is 4.79 Å². The lowest BCUT2D eigenvalue weighted by molar-refractivity contribution is -0.120. The minimum Gasteiger partial charge on any atom is -0.355 e. The second-order valence-electron chi connectivity index (χ2n) is 5.26. The molecule has 0 bridgehead atoms. The molecular weight excluding hydrogens is 200 g/mol. The predicted molar refractivity (Wildman–Crippen MR) is 69.4 cm³/mol. The highest BCUT2D eigenvalue weighted by Gasteiger charge is 2.00. The molecule has 96 valence electrons. The van der Waals surface area contributed by atoms with Crippen LogP contribution in [0.3, 0.4) is 0 Å². The summed E-state index contributed by atoms with van der Waals surface area (Å²) in [6.07, 6.45) is 3.55. The summed E-state index contributed by atoms with van der Waals surface area (Å²) in [5.74, 6) is 1.48. The number of carbonyl (C=O) groups excluding carboxylic acids is 1. The lowest BCUT2D eigenvalue weighted by Crippen LogP contribution is -2.35. The van der Waals surface area contributed by atoms with Crippen LogP contribution in [0, 0.1) is 11.8 Å². The van der Waals surface area contributed by atoms with Crippen LogP contribution < -0.4 is 10.6 Å². The SMILES string of the molecule is CC(C)CCCCNC(=O)CNCC(C)C. The number of amides is 1. The first-order valence-electron chi connectivity index (χ1n) is 6.49. The third-order valence-corrected chi connectivity index (χ3v) is 2.37. The highest BCUT2D eigenvalue weighted by molar-refractivity contribution is 5.77. The number of rotatable bonds is 9.